The third-order valence-corrected chi connectivity index (χ3v) is 6.63. The highest BCUT2D eigenvalue weighted by atomic mass is 19.3. The van der Waals surface area contributed by atoms with E-state index in [1.807, 2.05) is 0 Å². The molecule has 1 aromatic carbocycles. The molecule has 0 radical (unpaired) electrons. The standard InChI is InChI=1S/C25H37F2N5O2/c1-5-11-16(6-2)12-9-10-13-17(7-3)22-30-23-18-14-15-19(33)21(34-25(26,27)8-4)20(18)29-24(28)32(23)31-22/h14-17,33H,5-13H2,1-4H3,(H2,28,29). The Morgan fingerprint density at radius 3 is 2.44 bits per heavy atom. The van der Waals surface area contributed by atoms with Gasteiger partial charge in [-0.2, -0.15) is 13.3 Å². The van der Waals surface area contributed by atoms with Crippen molar-refractivity contribution in [2.75, 3.05) is 5.73 Å². The van der Waals surface area contributed by atoms with Gasteiger partial charge in [0.15, 0.2) is 23.0 Å². The number of aromatic hydroxyl groups is 1. The fourth-order valence-electron chi connectivity index (χ4n) is 4.47. The van der Waals surface area contributed by atoms with Gasteiger partial charge in [0, 0.05) is 17.7 Å². The number of alkyl halides is 2. The summed E-state index contributed by atoms with van der Waals surface area (Å²) in [6.07, 6.45) is 5.11. The Kier molecular flexibility index (Phi) is 8.49. The Hall–Kier alpha value is -2.71. The van der Waals surface area contributed by atoms with E-state index in [2.05, 4.69) is 30.9 Å². The van der Waals surface area contributed by atoms with E-state index < -0.39 is 24.0 Å². The molecule has 0 saturated heterocycles. The summed E-state index contributed by atoms with van der Waals surface area (Å²) >= 11 is 0. The molecule has 0 aliphatic carbocycles. The molecule has 0 amide bonds. The number of nitrogens with zero attached hydrogens (tertiary/aromatic N) is 4. The van der Waals surface area contributed by atoms with Crippen molar-refractivity contribution in [1.82, 2.24) is 19.6 Å². The molecular formula is C25H37F2N5O2. The maximum atomic E-state index is 14.0. The number of phenolic OH excluding ortho intramolecular Hbond substituents is 1. The van der Waals surface area contributed by atoms with E-state index >= 15 is 0 Å². The lowest BCUT2D eigenvalue weighted by molar-refractivity contribution is -0.177. The maximum absolute atomic E-state index is 14.0. The van der Waals surface area contributed by atoms with E-state index in [4.69, 9.17) is 15.5 Å². The zero-order valence-electron chi connectivity index (χ0n) is 20.7. The van der Waals surface area contributed by atoms with Crippen molar-refractivity contribution in [2.45, 2.75) is 97.5 Å². The van der Waals surface area contributed by atoms with E-state index in [0.29, 0.717) is 16.9 Å². The number of ether oxygens (including phenoxy) is 1. The molecule has 3 N–H and O–H groups in total. The number of nitrogen functional groups attached to an aromatic ring is 1. The van der Waals surface area contributed by atoms with E-state index in [1.54, 1.807) is 6.07 Å². The number of aromatic nitrogens is 4. The minimum atomic E-state index is -3.45. The van der Waals surface area contributed by atoms with Gasteiger partial charge < -0.3 is 15.6 Å². The molecule has 0 aliphatic rings. The highest BCUT2D eigenvalue weighted by molar-refractivity contribution is 5.97. The van der Waals surface area contributed by atoms with Gasteiger partial charge in [0.2, 0.25) is 5.95 Å². The number of rotatable bonds is 13. The molecule has 2 heterocycles. The van der Waals surface area contributed by atoms with Crippen LogP contribution >= 0.6 is 0 Å². The minimum Gasteiger partial charge on any atom is -0.504 e. The molecular weight excluding hydrogens is 440 g/mol. The van der Waals surface area contributed by atoms with Gasteiger partial charge in [0.1, 0.15) is 5.52 Å². The third kappa shape index (κ3) is 5.67. The molecule has 9 heteroatoms. The predicted molar refractivity (Wildman–Crippen MR) is 130 cm³/mol. The number of benzene rings is 1. The lowest BCUT2D eigenvalue weighted by Gasteiger charge is -2.18. The van der Waals surface area contributed by atoms with Gasteiger partial charge in [-0.05, 0) is 30.9 Å². The lowest BCUT2D eigenvalue weighted by Crippen LogP contribution is -2.23. The first-order valence-corrected chi connectivity index (χ1v) is 12.5. The summed E-state index contributed by atoms with van der Waals surface area (Å²) in [5, 5.41) is 15.2. The molecule has 0 bridgehead atoms. The Balaban J connectivity index is 1.89. The van der Waals surface area contributed by atoms with Gasteiger partial charge >= 0.3 is 6.11 Å². The smallest absolute Gasteiger partial charge is 0.397 e. The van der Waals surface area contributed by atoms with Crippen LogP contribution in [0, 0.1) is 5.92 Å². The number of fused-ring (bicyclic) bond motifs is 3. The van der Waals surface area contributed by atoms with E-state index in [-0.39, 0.29) is 17.4 Å². The highest BCUT2D eigenvalue weighted by Gasteiger charge is 2.32. The maximum Gasteiger partial charge on any atom is 0.397 e. The quantitative estimate of drug-likeness (QED) is 0.262. The molecule has 0 aliphatic heterocycles. The summed E-state index contributed by atoms with van der Waals surface area (Å²) in [5.74, 6) is 0.779. The Morgan fingerprint density at radius 2 is 1.79 bits per heavy atom. The normalized spacial score (nSPS) is 14.1. The number of halogens is 2. The summed E-state index contributed by atoms with van der Waals surface area (Å²) in [6.45, 7) is 7.90. The summed E-state index contributed by atoms with van der Waals surface area (Å²) in [7, 11) is 0. The molecule has 34 heavy (non-hydrogen) atoms. The number of hydrogen-bond acceptors (Lipinski definition) is 6. The average molecular weight is 478 g/mol. The van der Waals surface area contributed by atoms with Crippen molar-refractivity contribution in [2.24, 2.45) is 5.92 Å². The van der Waals surface area contributed by atoms with Gasteiger partial charge in [0.25, 0.3) is 0 Å². The number of hydrogen-bond donors (Lipinski definition) is 2. The van der Waals surface area contributed by atoms with E-state index in [1.165, 1.54) is 49.6 Å². The highest BCUT2D eigenvalue weighted by Crippen LogP contribution is 2.39. The zero-order chi connectivity index (χ0) is 24.9. The molecule has 3 aromatic rings. The van der Waals surface area contributed by atoms with E-state index in [0.717, 1.165) is 25.2 Å². The molecule has 2 unspecified atom stereocenters. The lowest BCUT2D eigenvalue weighted by atomic mass is 9.92. The minimum absolute atomic E-state index is 0.00304. The molecule has 2 aromatic heterocycles. The first-order valence-electron chi connectivity index (χ1n) is 12.5. The Bertz CT molecular complexity index is 1100. The van der Waals surface area contributed by atoms with Crippen LogP contribution in [0.5, 0.6) is 11.5 Å². The third-order valence-electron chi connectivity index (χ3n) is 6.63. The summed E-state index contributed by atoms with van der Waals surface area (Å²) in [4.78, 5) is 8.95. The fraction of sp³-hybridized carbons (Fsp3) is 0.640. The SMILES string of the molecule is CCCC(CC)CCCCC(CC)c1nc2c3ccc(O)c(OC(F)(F)CC)c3nc(N)n2n1. The van der Waals surface area contributed by atoms with Gasteiger partial charge in [-0.15, -0.1) is 5.10 Å². The Labute approximate surface area is 199 Å². The van der Waals surface area contributed by atoms with Crippen molar-refractivity contribution in [3.8, 4) is 11.5 Å². The van der Waals surface area contributed by atoms with Crippen LogP contribution < -0.4 is 10.5 Å². The second-order valence-corrected chi connectivity index (χ2v) is 9.03. The monoisotopic (exact) mass is 477 g/mol. The van der Waals surface area contributed by atoms with Crippen LogP contribution in [0.4, 0.5) is 14.7 Å². The summed E-state index contributed by atoms with van der Waals surface area (Å²) < 4.78 is 34.2. The van der Waals surface area contributed by atoms with Crippen molar-refractivity contribution in [3.05, 3.63) is 18.0 Å². The van der Waals surface area contributed by atoms with Gasteiger partial charge in [-0.1, -0.05) is 66.2 Å². The van der Waals surface area contributed by atoms with Gasteiger partial charge in [0.05, 0.1) is 0 Å². The molecule has 0 spiro atoms. The molecule has 7 nitrogen and oxygen atoms in total. The number of nitrogens with two attached hydrogens (primary N) is 1. The van der Waals surface area contributed by atoms with Crippen LogP contribution in [0.25, 0.3) is 16.6 Å². The van der Waals surface area contributed by atoms with Crippen molar-refractivity contribution < 1.29 is 18.6 Å². The number of unbranched alkanes of at least 4 members (excludes halogenated alkanes) is 1. The molecule has 2 atom stereocenters. The summed E-state index contributed by atoms with van der Waals surface area (Å²) in [5.41, 5.74) is 6.56. The van der Waals surface area contributed by atoms with Gasteiger partial charge in [-0.25, -0.2) is 9.97 Å². The number of phenols is 1. The van der Waals surface area contributed by atoms with Crippen LogP contribution in [-0.4, -0.2) is 30.8 Å². The summed E-state index contributed by atoms with van der Waals surface area (Å²) in [6, 6.07) is 2.87. The van der Waals surface area contributed by atoms with Crippen molar-refractivity contribution in [1.29, 1.82) is 0 Å². The first-order chi connectivity index (χ1) is 16.2. The van der Waals surface area contributed by atoms with Crippen LogP contribution in [0.3, 0.4) is 0 Å². The van der Waals surface area contributed by atoms with Crippen LogP contribution in [0.15, 0.2) is 12.1 Å². The largest absolute Gasteiger partial charge is 0.504 e. The van der Waals surface area contributed by atoms with Gasteiger partial charge in [-0.3, -0.25) is 0 Å². The number of anilines is 1. The van der Waals surface area contributed by atoms with Crippen LogP contribution in [-0.2, 0) is 0 Å². The zero-order valence-corrected chi connectivity index (χ0v) is 20.7. The second kappa shape index (κ2) is 11.1. The molecule has 188 valence electrons. The van der Waals surface area contributed by atoms with Crippen molar-refractivity contribution >= 4 is 22.5 Å². The molecule has 0 saturated carbocycles. The van der Waals surface area contributed by atoms with Crippen molar-refractivity contribution in [3.63, 3.8) is 0 Å². The predicted octanol–water partition coefficient (Wildman–Crippen LogP) is 6.83. The first kappa shape index (κ1) is 25.9. The average Bonchev–Trinajstić information content (AvgIpc) is 3.26. The molecule has 0 fully saturated rings. The topological polar surface area (TPSA) is 98.6 Å². The van der Waals surface area contributed by atoms with Crippen LogP contribution in [0.2, 0.25) is 0 Å². The fourth-order valence-corrected chi connectivity index (χ4v) is 4.47. The molecule has 3 rings (SSSR count). The van der Waals surface area contributed by atoms with E-state index in [9.17, 15) is 13.9 Å². The second-order valence-electron chi connectivity index (χ2n) is 9.03. The Morgan fingerprint density at radius 1 is 1.06 bits per heavy atom. The van der Waals surface area contributed by atoms with Crippen LogP contribution in [0.1, 0.15) is 97.2 Å².